The monoisotopic (exact) mass is 620 g/mol. The van der Waals surface area contributed by atoms with Gasteiger partial charge in [-0.3, -0.25) is 19.3 Å². The normalized spacial score (nSPS) is 15.4. The van der Waals surface area contributed by atoms with Crippen LogP contribution in [0.3, 0.4) is 0 Å². The molecule has 4 N–H and O–H groups in total. The van der Waals surface area contributed by atoms with Crippen LogP contribution >= 0.6 is 11.6 Å². The molecule has 0 aliphatic carbocycles. The molecule has 3 aromatic rings. The number of primary amides is 1. The predicted molar refractivity (Wildman–Crippen MR) is 169 cm³/mol. The van der Waals surface area contributed by atoms with Crippen LogP contribution in [0.5, 0.6) is 5.88 Å². The van der Waals surface area contributed by atoms with Crippen LogP contribution in [0.1, 0.15) is 25.0 Å². The highest BCUT2D eigenvalue weighted by Gasteiger charge is 2.39. The summed E-state index contributed by atoms with van der Waals surface area (Å²) in [5, 5.41) is 6.57. The van der Waals surface area contributed by atoms with Gasteiger partial charge in [0.15, 0.2) is 0 Å². The summed E-state index contributed by atoms with van der Waals surface area (Å²) < 4.78 is 5.57. The summed E-state index contributed by atoms with van der Waals surface area (Å²) in [6, 6.07) is 14.4. The van der Waals surface area contributed by atoms with Crippen LogP contribution in [0.2, 0.25) is 5.02 Å². The third-order valence-electron chi connectivity index (χ3n) is 7.85. The molecule has 2 heterocycles. The number of ether oxygens (including phenoxy) is 1. The molecule has 0 spiro atoms. The van der Waals surface area contributed by atoms with Crippen molar-refractivity contribution < 1.29 is 23.9 Å². The first-order valence-electron chi connectivity index (χ1n) is 14.0. The van der Waals surface area contributed by atoms with E-state index in [1.807, 2.05) is 43.3 Å². The molecular weight excluding hydrogens is 584 g/mol. The standard InChI is InChI=1S/C32H37ClN6O5/c1-18-20(9-8-12-24(18)36-27(40)23-16-38(4)31(43)39(5)29(23)41)21-10-7-11-22(26(21)33)25-14-13-19(28(37-25)44-6)15-35-17-32(2,3)30(34)42/h7-14,23,35H,15-17H2,1-6H3,(H2,34,42)(H,36,40). The molecule has 4 rings (SSSR count). The Hall–Kier alpha value is -4.48. The van der Waals surface area contributed by atoms with Gasteiger partial charge in [-0.1, -0.05) is 48.0 Å². The average Bonchev–Trinajstić information content (AvgIpc) is 2.99. The molecule has 5 amide bonds. The number of amides is 5. The summed E-state index contributed by atoms with van der Waals surface area (Å²) in [4.78, 5) is 56.5. The number of pyridine rings is 1. The van der Waals surface area contributed by atoms with Gasteiger partial charge in [0.2, 0.25) is 23.6 Å². The van der Waals surface area contributed by atoms with E-state index in [4.69, 9.17) is 27.1 Å². The van der Waals surface area contributed by atoms with Gasteiger partial charge in [-0.2, -0.15) is 0 Å². The van der Waals surface area contributed by atoms with Crippen LogP contribution in [0.4, 0.5) is 10.5 Å². The molecule has 0 saturated carbocycles. The smallest absolute Gasteiger partial charge is 0.326 e. The number of imide groups is 1. The number of aromatic nitrogens is 1. The van der Waals surface area contributed by atoms with Gasteiger partial charge in [-0.05, 0) is 44.0 Å². The minimum Gasteiger partial charge on any atom is -0.481 e. The van der Waals surface area contributed by atoms with Gasteiger partial charge in [-0.25, -0.2) is 9.78 Å². The number of nitrogens with two attached hydrogens (primary N) is 1. The molecule has 232 valence electrons. The van der Waals surface area contributed by atoms with Crippen LogP contribution in [-0.2, 0) is 20.9 Å². The molecule has 11 nitrogen and oxygen atoms in total. The Balaban J connectivity index is 1.59. The predicted octanol–water partition coefficient (Wildman–Crippen LogP) is 4.07. The Bertz CT molecular complexity index is 1620. The molecule has 1 unspecified atom stereocenters. The lowest BCUT2D eigenvalue weighted by molar-refractivity contribution is -0.140. The SMILES string of the molecule is COc1nc(-c2cccc(-c3cccc(NC(=O)C4CN(C)C(=O)N(C)C4=O)c3C)c2Cl)ccc1CNCC(C)(C)C(N)=O. The van der Waals surface area contributed by atoms with Crippen molar-refractivity contribution in [1.82, 2.24) is 20.1 Å². The number of carbonyl (C=O) groups is 4. The quantitative estimate of drug-likeness (QED) is 0.290. The number of methoxy groups -OCH3 is 1. The molecule has 0 radical (unpaired) electrons. The van der Waals surface area contributed by atoms with E-state index in [0.29, 0.717) is 40.9 Å². The zero-order valence-corrected chi connectivity index (χ0v) is 26.4. The minimum absolute atomic E-state index is 0.00285. The fourth-order valence-corrected chi connectivity index (χ4v) is 5.28. The molecule has 1 atom stereocenters. The zero-order valence-electron chi connectivity index (χ0n) is 25.7. The largest absolute Gasteiger partial charge is 0.481 e. The maximum Gasteiger partial charge on any atom is 0.326 e. The Morgan fingerprint density at radius 2 is 1.73 bits per heavy atom. The van der Waals surface area contributed by atoms with Crippen molar-refractivity contribution in [3.05, 3.63) is 64.7 Å². The lowest BCUT2D eigenvalue weighted by atomic mass is 9.93. The van der Waals surface area contributed by atoms with Gasteiger partial charge < -0.3 is 26.0 Å². The van der Waals surface area contributed by atoms with E-state index in [0.717, 1.165) is 27.2 Å². The van der Waals surface area contributed by atoms with Gasteiger partial charge in [0, 0.05) is 56.1 Å². The Morgan fingerprint density at radius 1 is 1.07 bits per heavy atom. The lowest BCUT2D eigenvalue weighted by Gasteiger charge is -2.33. The van der Waals surface area contributed by atoms with Crippen molar-refractivity contribution in [2.45, 2.75) is 27.3 Å². The number of nitrogens with one attached hydrogen (secondary N) is 2. The summed E-state index contributed by atoms with van der Waals surface area (Å²) in [5.41, 5.74) is 9.68. The molecular formula is C32H37ClN6O5. The summed E-state index contributed by atoms with van der Waals surface area (Å²) >= 11 is 6.98. The second-order valence-electron chi connectivity index (χ2n) is 11.5. The summed E-state index contributed by atoms with van der Waals surface area (Å²) in [7, 11) is 4.46. The van der Waals surface area contributed by atoms with Crippen molar-refractivity contribution in [1.29, 1.82) is 0 Å². The van der Waals surface area contributed by atoms with Crippen molar-refractivity contribution >= 4 is 41.0 Å². The Labute approximate surface area is 261 Å². The maximum absolute atomic E-state index is 13.1. The fourth-order valence-electron chi connectivity index (χ4n) is 4.96. The highest BCUT2D eigenvalue weighted by atomic mass is 35.5. The van der Waals surface area contributed by atoms with E-state index < -0.39 is 29.2 Å². The molecule has 1 aliphatic rings. The number of hydrogen-bond donors (Lipinski definition) is 3. The van der Waals surface area contributed by atoms with Gasteiger partial charge >= 0.3 is 6.03 Å². The molecule has 12 heteroatoms. The third kappa shape index (κ3) is 6.53. The van der Waals surface area contributed by atoms with E-state index in [1.54, 1.807) is 40.1 Å². The van der Waals surface area contributed by atoms with E-state index in [9.17, 15) is 19.2 Å². The average molecular weight is 621 g/mol. The molecule has 2 aromatic carbocycles. The summed E-state index contributed by atoms with van der Waals surface area (Å²) in [6.07, 6.45) is 0. The molecule has 1 aliphatic heterocycles. The van der Waals surface area contributed by atoms with E-state index in [2.05, 4.69) is 10.6 Å². The number of halogens is 1. The topological polar surface area (TPSA) is 147 Å². The highest BCUT2D eigenvalue weighted by Crippen LogP contribution is 2.39. The Kier molecular flexibility index (Phi) is 9.60. The van der Waals surface area contributed by atoms with Crippen molar-refractivity contribution in [2.75, 3.05) is 39.6 Å². The second kappa shape index (κ2) is 13.0. The highest BCUT2D eigenvalue weighted by molar-refractivity contribution is 6.36. The number of rotatable bonds is 10. The zero-order chi connectivity index (χ0) is 32.3. The van der Waals surface area contributed by atoms with Crippen LogP contribution in [0, 0.1) is 18.3 Å². The first-order chi connectivity index (χ1) is 20.8. The van der Waals surface area contributed by atoms with Gasteiger partial charge in [-0.15, -0.1) is 0 Å². The van der Waals surface area contributed by atoms with Gasteiger partial charge in [0.05, 0.1) is 23.2 Å². The first-order valence-corrected chi connectivity index (χ1v) is 14.4. The summed E-state index contributed by atoms with van der Waals surface area (Å²) in [5.74, 6) is -2.03. The number of nitrogens with zero attached hydrogens (tertiary/aromatic N) is 3. The molecule has 1 fully saturated rings. The number of benzene rings is 2. The molecule has 0 bridgehead atoms. The minimum atomic E-state index is -1.02. The van der Waals surface area contributed by atoms with E-state index in [-0.39, 0.29) is 12.5 Å². The third-order valence-corrected chi connectivity index (χ3v) is 8.26. The van der Waals surface area contributed by atoms with Crippen molar-refractivity contribution in [3.63, 3.8) is 0 Å². The maximum atomic E-state index is 13.1. The number of carbonyl (C=O) groups excluding carboxylic acids is 4. The van der Waals surface area contributed by atoms with Crippen LogP contribution in [-0.4, -0.2) is 72.8 Å². The lowest BCUT2D eigenvalue weighted by Crippen LogP contribution is -2.56. The molecule has 1 aromatic heterocycles. The summed E-state index contributed by atoms with van der Waals surface area (Å²) in [6.45, 7) is 6.23. The van der Waals surface area contributed by atoms with Gasteiger partial charge in [0.25, 0.3) is 0 Å². The molecule has 1 saturated heterocycles. The molecule has 44 heavy (non-hydrogen) atoms. The van der Waals surface area contributed by atoms with Crippen LogP contribution in [0.25, 0.3) is 22.4 Å². The van der Waals surface area contributed by atoms with Crippen molar-refractivity contribution in [3.8, 4) is 28.3 Å². The number of hydrogen-bond acceptors (Lipinski definition) is 7. The second-order valence-corrected chi connectivity index (χ2v) is 11.8. The number of anilines is 1. The van der Waals surface area contributed by atoms with Crippen LogP contribution < -0.4 is 21.1 Å². The Morgan fingerprint density at radius 3 is 2.41 bits per heavy atom. The van der Waals surface area contributed by atoms with E-state index >= 15 is 0 Å². The first kappa shape index (κ1) is 32.4. The van der Waals surface area contributed by atoms with Crippen LogP contribution in [0.15, 0.2) is 48.5 Å². The number of urea groups is 1. The van der Waals surface area contributed by atoms with E-state index in [1.165, 1.54) is 11.9 Å². The van der Waals surface area contributed by atoms with Gasteiger partial charge in [0.1, 0.15) is 5.92 Å². The fraction of sp³-hybridized carbons (Fsp3) is 0.344. The van der Waals surface area contributed by atoms with Crippen molar-refractivity contribution in [2.24, 2.45) is 17.1 Å².